The summed E-state index contributed by atoms with van der Waals surface area (Å²) >= 11 is 0. The molecule has 0 radical (unpaired) electrons. The van der Waals surface area contributed by atoms with Gasteiger partial charge in [-0.1, -0.05) is 20.8 Å². The summed E-state index contributed by atoms with van der Waals surface area (Å²) in [6.07, 6.45) is 1.73. The number of hydrazone groups is 1. The lowest BCUT2D eigenvalue weighted by Gasteiger charge is -2.21. The van der Waals surface area contributed by atoms with Crippen molar-refractivity contribution < 1.29 is 4.79 Å². The number of amides is 1. The zero-order valence-corrected chi connectivity index (χ0v) is 8.85. The SMILES string of the molecule is CCC1(C)C(=O)NN=C1CC(C)C. The molecule has 1 rings (SSSR count). The molecule has 0 bridgehead atoms. The van der Waals surface area contributed by atoms with Crippen LogP contribution in [0.4, 0.5) is 0 Å². The van der Waals surface area contributed by atoms with Gasteiger partial charge in [-0.15, -0.1) is 0 Å². The van der Waals surface area contributed by atoms with E-state index in [0.29, 0.717) is 5.92 Å². The van der Waals surface area contributed by atoms with Crippen molar-refractivity contribution in [3.63, 3.8) is 0 Å². The highest BCUT2D eigenvalue weighted by Gasteiger charge is 2.41. The Kier molecular flexibility index (Phi) is 2.74. The summed E-state index contributed by atoms with van der Waals surface area (Å²) in [6, 6.07) is 0. The Labute approximate surface area is 79.6 Å². The average molecular weight is 182 g/mol. The van der Waals surface area contributed by atoms with Crippen molar-refractivity contribution in [2.45, 2.75) is 40.5 Å². The second-order valence-electron chi connectivity index (χ2n) is 4.28. The van der Waals surface area contributed by atoms with Gasteiger partial charge in [-0.2, -0.15) is 5.10 Å². The third-order valence-electron chi connectivity index (χ3n) is 2.74. The van der Waals surface area contributed by atoms with E-state index in [2.05, 4.69) is 24.4 Å². The van der Waals surface area contributed by atoms with Crippen LogP contribution in [-0.4, -0.2) is 11.6 Å². The molecule has 0 saturated carbocycles. The Balaban J connectivity index is 2.80. The van der Waals surface area contributed by atoms with Gasteiger partial charge in [0.15, 0.2) is 0 Å². The maximum atomic E-state index is 11.5. The number of rotatable bonds is 3. The molecule has 1 atom stereocenters. The van der Waals surface area contributed by atoms with E-state index in [1.165, 1.54) is 0 Å². The third kappa shape index (κ3) is 1.74. The van der Waals surface area contributed by atoms with Crippen LogP contribution < -0.4 is 5.43 Å². The van der Waals surface area contributed by atoms with Gasteiger partial charge in [0.2, 0.25) is 0 Å². The largest absolute Gasteiger partial charge is 0.272 e. The van der Waals surface area contributed by atoms with Crippen molar-refractivity contribution in [1.29, 1.82) is 0 Å². The lowest BCUT2D eigenvalue weighted by Crippen LogP contribution is -2.35. The maximum Gasteiger partial charge on any atom is 0.251 e. The van der Waals surface area contributed by atoms with Crippen LogP contribution in [0.25, 0.3) is 0 Å². The molecule has 1 N–H and O–H groups in total. The highest BCUT2D eigenvalue weighted by atomic mass is 16.2. The zero-order chi connectivity index (χ0) is 10.1. The van der Waals surface area contributed by atoms with E-state index in [0.717, 1.165) is 18.6 Å². The van der Waals surface area contributed by atoms with Crippen LogP contribution in [0.15, 0.2) is 5.10 Å². The van der Waals surface area contributed by atoms with Gasteiger partial charge in [-0.25, -0.2) is 5.43 Å². The molecule has 1 unspecified atom stereocenters. The molecule has 3 nitrogen and oxygen atoms in total. The maximum absolute atomic E-state index is 11.5. The van der Waals surface area contributed by atoms with Gasteiger partial charge in [-0.3, -0.25) is 4.79 Å². The molecule has 0 aromatic carbocycles. The molecule has 1 heterocycles. The van der Waals surface area contributed by atoms with E-state index in [-0.39, 0.29) is 11.3 Å². The topological polar surface area (TPSA) is 41.5 Å². The first kappa shape index (κ1) is 10.2. The molecule has 74 valence electrons. The molecule has 0 aliphatic carbocycles. The fourth-order valence-corrected chi connectivity index (χ4v) is 1.52. The molecule has 0 aromatic heterocycles. The van der Waals surface area contributed by atoms with E-state index in [9.17, 15) is 4.79 Å². The molecule has 1 aliphatic heterocycles. The highest BCUT2D eigenvalue weighted by Crippen LogP contribution is 2.30. The molecule has 0 fully saturated rings. The summed E-state index contributed by atoms with van der Waals surface area (Å²) in [5, 5.41) is 4.10. The average Bonchev–Trinajstić information content (AvgIpc) is 2.33. The number of carbonyl (C=O) groups excluding carboxylic acids is 1. The van der Waals surface area contributed by atoms with Gasteiger partial charge in [0.25, 0.3) is 5.91 Å². The van der Waals surface area contributed by atoms with Crippen LogP contribution in [0, 0.1) is 11.3 Å². The van der Waals surface area contributed by atoms with E-state index in [1.54, 1.807) is 0 Å². The van der Waals surface area contributed by atoms with E-state index < -0.39 is 0 Å². The predicted octanol–water partition coefficient (Wildman–Crippen LogP) is 1.93. The van der Waals surface area contributed by atoms with Crippen LogP contribution in [0.3, 0.4) is 0 Å². The van der Waals surface area contributed by atoms with Crippen LogP contribution in [0.2, 0.25) is 0 Å². The standard InChI is InChI=1S/C10H18N2O/c1-5-10(4)8(6-7(2)3)11-12-9(10)13/h7H,5-6H2,1-4H3,(H,12,13). The van der Waals surface area contributed by atoms with Crippen molar-refractivity contribution in [3.05, 3.63) is 0 Å². The van der Waals surface area contributed by atoms with Gasteiger partial charge in [0.05, 0.1) is 11.1 Å². The lowest BCUT2D eigenvalue weighted by molar-refractivity contribution is -0.125. The molecule has 1 aliphatic rings. The van der Waals surface area contributed by atoms with Gasteiger partial charge in [0.1, 0.15) is 0 Å². The van der Waals surface area contributed by atoms with Gasteiger partial charge < -0.3 is 0 Å². The summed E-state index contributed by atoms with van der Waals surface area (Å²) in [7, 11) is 0. The third-order valence-corrected chi connectivity index (χ3v) is 2.74. The van der Waals surface area contributed by atoms with Crippen LogP contribution in [0.5, 0.6) is 0 Å². The summed E-state index contributed by atoms with van der Waals surface area (Å²) in [5.74, 6) is 0.600. The second-order valence-corrected chi connectivity index (χ2v) is 4.28. The summed E-state index contributed by atoms with van der Waals surface area (Å²) in [6.45, 7) is 8.28. The number of hydrogen-bond donors (Lipinski definition) is 1. The quantitative estimate of drug-likeness (QED) is 0.712. The summed E-state index contributed by atoms with van der Waals surface area (Å²) < 4.78 is 0. The zero-order valence-electron chi connectivity index (χ0n) is 8.85. The van der Waals surface area contributed by atoms with Crippen molar-refractivity contribution in [2.24, 2.45) is 16.4 Å². The minimum atomic E-state index is -0.357. The Bertz CT molecular complexity index is 245. The Morgan fingerprint density at radius 1 is 1.54 bits per heavy atom. The first-order valence-corrected chi connectivity index (χ1v) is 4.88. The van der Waals surface area contributed by atoms with Crippen molar-refractivity contribution >= 4 is 11.6 Å². The molecule has 0 aromatic rings. The first-order chi connectivity index (χ1) is 6.00. The van der Waals surface area contributed by atoms with E-state index >= 15 is 0 Å². The van der Waals surface area contributed by atoms with Crippen molar-refractivity contribution in [2.75, 3.05) is 0 Å². The number of nitrogens with zero attached hydrogens (tertiary/aromatic N) is 1. The Morgan fingerprint density at radius 3 is 2.62 bits per heavy atom. The Morgan fingerprint density at radius 2 is 2.15 bits per heavy atom. The fourth-order valence-electron chi connectivity index (χ4n) is 1.52. The number of nitrogens with one attached hydrogen (secondary N) is 1. The molecule has 0 spiro atoms. The number of carbonyl (C=O) groups is 1. The Hall–Kier alpha value is -0.860. The fraction of sp³-hybridized carbons (Fsp3) is 0.800. The highest BCUT2D eigenvalue weighted by molar-refractivity contribution is 6.11. The second kappa shape index (κ2) is 3.48. The van der Waals surface area contributed by atoms with Crippen molar-refractivity contribution in [3.8, 4) is 0 Å². The molecule has 13 heavy (non-hydrogen) atoms. The summed E-state index contributed by atoms with van der Waals surface area (Å²) in [4.78, 5) is 11.5. The molecular formula is C10H18N2O. The molecule has 3 heteroatoms. The predicted molar refractivity (Wildman–Crippen MR) is 53.4 cm³/mol. The smallest absolute Gasteiger partial charge is 0.251 e. The van der Waals surface area contributed by atoms with Gasteiger partial charge in [0, 0.05) is 0 Å². The molecular weight excluding hydrogens is 164 g/mol. The van der Waals surface area contributed by atoms with Crippen LogP contribution in [-0.2, 0) is 4.79 Å². The van der Waals surface area contributed by atoms with Crippen LogP contribution in [0.1, 0.15) is 40.5 Å². The van der Waals surface area contributed by atoms with Crippen molar-refractivity contribution in [1.82, 2.24) is 5.43 Å². The van der Waals surface area contributed by atoms with E-state index in [4.69, 9.17) is 0 Å². The molecule has 1 amide bonds. The summed E-state index contributed by atoms with van der Waals surface area (Å²) in [5.41, 5.74) is 3.22. The van der Waals surface area contributed by atoms with E-state index in [1.807, 2.05) is 13.8 Å². The lowest BCUT2D eigenvalue weighted by atomic mass is 9.79. The monoisotopic (exact) mass is 182 g/mol. The normalized spacial score (nSPS) is 27.8. The first-order valence-electron chi connectivity index (χ1n) is 4.88. The number of hydrogen-bond acceptors (Lipinski definition) is 2. The van der Waals surface area contributed by atoms with Crippen LogP contribution >= 0.6 is 0 Å². The van der Waals surface area contributed by atoms with Gasteiger partial charge in [-0.05, 0) is 25.7 Å². The van der Waals surface area contributed by atoms with Gasteiger partial charge >= 0.3 is 0 Å². The minimum Gasteiger partial charge on any atom is -0.272 e. The molecule has 0 saturated heterocycles. The minimum absolute atomic E-state index is 0.0469.